The summed E-state index contributed by atoms with van der Waals surface area (Å²) in [5, 5.41) is 17.1. The van der Waals surface area contributed by atoms with Gasteiger partial charge in [0.1, 0.15) is 0 Å². The molecule has 0 saturated heterocycles. The normalized spacial score (nSPS) is 17.6. The van der Waals surface area contributed by atoms with Crippen molar-refractivity contribution in [3.8, 4) is 0 Å². The first-order valence-corrected chi connectivity index (χ1v) is 7.71. The van der Waals surface area contributed by atoms with Crippen LogP contribution in [-0.4, -0.2) is 16.5 Å². The number of nitrogens with zero attached hydrogens (tertiary/aromatic N) is 3. The van der Waals surface area contributed by atoms with Crippen molar-refractivity contribution in [1.29, 1.82) is 0 Å². The molecule has 24 heavy (non-hydrogen) atoms. The number of benzene rings is 2. The zero-order valence-electron chi connectivity index (χ0n) is 12.8. The Labute approximate surface area is 143 Å². The van der Waals surface area contributed by atoms with E-state index >= 15 is 0 Å². The van der Waals surface area contributed by atoms with Gasteiger partial charge in [-0.05, 0) is 36.8 Å². The monoisotopic (exact) mass is 343 g/mol. The Hall–Kier alpha value is -2.73. The van der Waals surface area contributed by atoms with E-state index < -0.39 is 4.92 Å². The van der Waals surface area contributed by atoms with Crippen molar-refractivity contribution < 1.29 is 9.72 Å². The molecule has 122 valence electrons. The summed E-state index contributed by atoms with van der Waals surface area (Å²) in [6.45, 7) is 1.85. The molecule has 0 radical (unpaired) electrons. The Balaban J connectivity index is 1.88. The molecule has 0 bridgehead atoms. The van der Waals surface area contributed by atoms with Crippen LogP contribution in [0.3, 0.4) is 0 Å². The third kappa shape index (κ3) is 3.14. The predicted octanol–water partition coefficient (Wildman–Crippen LogP) is 4.14. The highest BCUT2D eigenvalue weighted by atomic mass is 35.5. The molecule has 0 spiro atoms. The molecule has 1 aliphatic rings. The summed E-state index contributed by atoms with van der Waals surface area (Å²) in [6, 6.07) is 13.1. The van der Waals surface area contributed by atoms with E-state index in [1.807, 2.05) is 6.92 Å². The number of halogens is 1. The van der Waals surface area contributed by atoms with E-state index in [0.29, 0.717) is 10.7 Å². The number of rotatable bonds is 3. The third-order valence-corrected chi connectivity index (χ3v) is 4.21. The van der Waals surface area contributed by atoms with Gasteiger partial charge in [-0.25, -0.2) is 5.01 Å². The van der Waals surface area contributed by atoms with Crippen LogP contribution in [0.25, 0.3) is 0 Å². The molecule has 0 aliphatic carbocycles. The van der Waals surface area contributed by atoms with Gasteiger partial charge in [0.15, 0.2) is 0 Å². The molecule has 1 atom stereocenters. The van der Waals surface area contributed by atoms with E-state index in [4.69, 9.17) is 11.6 Å². The fourth-order valence-electron chi connectivity index (χ4n) is 2.66. The molecule has 1 aliphatic heterocycles. The summed E-state index contributed by atoms with van der Waals surface area (Å²) in [5.74, 6) is -0.312. The second kappa shape index (κ2) is 6.41. The van der Waals surface area contributed by atoms with E-state index in [2.05, 4.69) is 5.10 Å². The van der Waals surface area contributed by atoms with Crippen LogP contribution in [0.4, 0.5) is 11.4 Å². The number of carbonyl (C=O) groups excluding carboxylic acids is 1. The number of amides is 1. The van der Waals surface area contributed by atoms with E-state index in [9.17, 15) is 14.9 Å². The van der Waals surface area contributed by atoms with Crippen LogP contribution in [-0.2, 0) is 4.79 Å². The van der Waals surface area contributed by atoms with Gasteiger partial charge in [-0.15, -0.1) is 0 Å². The van der Waals surface area contributed by atoms with Crippen molar-refractivity contribution in [2.24, 2.45) is 5.10 Å². The summed E-state index contributed by atoms with van der Waals surface area (Å²) < 4.78 is 0. The minimum Gasteiger partial charge on any atom is -0.273 e. The molecule has 6 nitrogen and oxygen atoms in total. The summed E-state index contributed by atoms with van der Waals surface area (Å²) >= 11 is 5.87. The van der Waals surface area contributed by atoms with Gasteiger partial charge < -0.3 is 0 Å². The molecule has 0 N–H and O–H groups in total. The van der Waals surface area contributed by atoms with E-state index in [1.54, 1.807) is 36.4 Å². The van der Waals surface area contributed by atoms with Gasteiger partial charge in [0.25, 0.3) is 5.69 Å². The van der Waals surface area contributed by atoms with Crippen molar-refractivity contribution in [2.75, 3.05) is 5.01 Å². The summed E-state index contributed by atoms with van der Waals surface area (Å²) in [4.78, 5) is 22.8. The third-order valence-electron chi connectivity index (χ3n) is 3.95. The molecular weight excluding hydrogens is 330 g/mol. The minimum atomic E-state index is -0.445. The Morgan fingerprint density at radius 1 is 1.17 bits per heavy atom. The Kier molecular flexibility index (Phi) is 4.31. The van der Waals surface area contributed by atoms with Crippen LogP contribution >= 0.6 is 11.6 Å². The largest absolute Gasteiger partial charge is 0.273 e. The molecule has 1 heterocycles. The maximum Gasteiger partial charge on any atom is 0.269 e. The van der Waals surface area contributed by atoms with Crippen LogP contribution in [0.15, 0.2) is 53.6 Å². The average Bonchev–Trinajstić information content (AvgIpc) is 2.57. The van der Waals surface area contributed by atoms with Gasteiger partial charge in [0.05, 0.1) is 10.6 Å². The predicted molar refractivity (Wildman–Crippen MR) is 92.5 cm³/mol. The maximum absolute atomic E-state index is 12.5. The highest BCUT2D eigenvalue weighted by Crippen LogP contribution is 2.30. The molecule has 7 heteroatoms. The quantitative estimate of drug-likeness (QED) is 0.620. The number of non-ortho nitro benzene ring substituents is 1. The number of anilines is 1. The SMILES string of the molecule is CC1=NN(c2ccc(Cl)cc2)C(=O)CC1c1ccc([N+](=O)[O-])cc1. The van der Waals surface area contributed by atoms with Gasteiger partial charge in [-0.1, -0.05) is 23.7 Å². The van der Waals surface area contributed by atoms with Gasteiger partial charge in [-0.2, -0.15) is 5.10 Å². The second-order valence-corrected chi connectivity index (χ2v) is 5.97. The van der Waals surface area contributed by atoms with Crippen molar-refractivity contribution >= 4 is 34.6 Å². The molecule has 2 aromatic carbocycles. The number of carbonyl (C=O) groups is 1. The first-order chi connectivity index (χ1) is 11.5. The lowest BCUT2D eigenvalue weighted by atomic mass is 9.90. The summed E-state index contributed by atoms with van der Waals surface area (Å²) in [7, 11) is 0. The lowest BCUT2D eigenvalue weighted by Gasteiger charge is -2.28. The van der Waals surface area contributed by atoms with E-state index in [0.717, 1.165) is 11.3 Å². The van der Waals surface area contributed by atoms with Crippen molar-refractivity contribution in [2.45, 2.75) is 19.3 Å². The van der Waals surface area contributed by atoms with Crippen molar-refractivity contribution in [3.05, 3.63) is 69.2 Å². The molecular formula is C17H14ClN3O3. The topological polar surface area (TPSA) is 75.8 Å². The first-order valence-electron chi connectivity index (χ1n) is 7.33. The van der Waals surface area contributed by atoms with Crippen LogP contribution in [0, 0.1) is 10.1 Å². The maximum atomic E-state index is 12.5. The Morgan fingerprint density at radius 2 is 1.79 bits per heavy atom. The van der Waals surface area contributed by atoms with E-state index in [-0.39, 0.29) is 23.9 Å². The summed E-state index contributed by atoms with van der Waals surface area (Å²) in [6.07, 6.45) is 0.260. The second-order valence-electron chi connectivity index (χ2n) is 5.53. The number of nitro benzene ring substituents is 1. The average molecular weight is 344 g/mol. The van der Waals surface area contributed by atoms with Crippen molar-refractivity contribution in [3.63, 3.8) is 0 Å². The lowest BCUT2D eigenvalue weighted by Crippen LogP contribution is -2.34. The number of hydrazone groups is 1. The zero-order valence-corrected chi connectivity index (χ0v) is 13.6. The zero-order chi connectivity index (χ0) is 17.3. The molecule has 0 saturated carbocycles. The number of hydrogen-bond donors (Lipinski definition) is 0. The van der Waals surface area contributed by atoms with Gasteiger partial charge in [0.2, 0.25) is 5.91 Å². The Bertz CT molecular complexity index is 816. The Morgan fingerprint density at radius 3 is 2.38 bits per heavy atom. The van der Waals surface area contributed by atoms with Gasteiger partial charge in [-0.3, -0.25) is 14.9 Å². The van der Waals surface area contributed by atoms with Crippen LogP contribution < -0.4 is 5.01 Å². The minimum absolute atomic E-state index is 0.0262. The molecule has 3 rings (SSSR count). The van der Waals surface area contributed by atoms with Gasteiger partial charge in [0, 0.05) is 35.2 Å². The fourth-order valence-corrected chi connectivity index (χ4v) is 2.79. The molecule has 1 amide bonds. The molecule has 0 aromatic heterocycles. The number of hydrogen-bond acceptors (Lipinski definition) is 4. The smallest absolute Gasteiger partial charge is 0.269 e. The highest BCUT2D eigenvalue weighted by Gasteiger charge is 2.29. The van der Waals surface area contributed by atoms with Gasteiger partial charge >= 0.3 is 0 Å². The highest BCUT2D eigenvalue weighted by molar-refractivity contribution is 6.30. The van der Waals surface area contributed by atoms with Crippen LogP contribution in [0.1, 0.15) is 24.8 Å². The number of nitro groups is 1. The lowest BCUT2D eigenvalue weighted by molar-refractivity contribution is -0.384. The van der Waals surface area contributed by atoms with Crippen LogP contribution in [0.2, 0.25) is 5.02 Å². The molecule has 0 fully saturated rings. The van der Waals surface area contributed by atoms with Crippen LogP contribution in [0.5, 0.6) is 0 Å². The van der Waals surface area contributed by atoms with Crippen molar-refractivity contribution in [1.82, 2.24) is 0 Å². The first kappa shape index (κ1) is 16.1. The summed E-state index contributed by atoms with van der Waals surface area (Å²) in [5.41, 5.74) is 2.30. The van der Waals surface area contributed by atoms with E-state index in [1.165, 1.54) is 17.1 Å². The fraction of sp³-hybridized carbons (Fsp3) is 0.176. The molecule has 2 aromatic rings. The standard InChI is InChI=1S/C17H14ClN3O3/c1-11-16(12-2-6-15(7-3-12)21(23)24)10-17(22)20(19-11)14-8-4-13(18)5-9-14/h2-9,16H,10H2,1H3. The molecule has 1 unspecified atom stereocenters.